The van der Waals surface area contributed by atoms with Crippen LogP contribution in [-0.4, -0.2) is 11.9 Å². The molecular formula is C16H10BrNO3. The van der Waals surface area contributed by atoms with E-state index in [9.17, 15) is 4.79 Å². The number of aliphatic imine (C=N–C) groups is 1. The molecule has 2 heterocycles. The smallest absolute Gasteiger partial charge is 0.363 e. The van der Waals surface area contributed by atoms with E-state index in [4.69, 9.17) is 9.15 Å². The van der Waals surface area contributed by atoms with Gasteiger partial charge in [0.2, 0.25) is 5.90 Å². The number of benzene rings is 1. The van der Waals surface area contributed by atoms with Gasteiger partial charge in [-0.2, -0.15) is 0 Å². The van der Waals surface area contributed by atoms with E-state index < -0.39 is 5.97 Å². The summed E-state index contributed by atoms with van der Waals surface area (Å²) < 4.78 is 11.0. The van der Waals surface area contributed by atoms with Gasteiger partial charge in [0.15, 0.2) is 10.4 Å². The van der Waals surface area contributed by atoms with Crippen molar-refractivity contribution >= 4 is 39.9 Å². The lowest BCUT2D eigenvalue weighted by Crippen LogP contribution is -2.00. The highest BCUT2D eigenvalue weighted by atomic mass is 79.9. The number of furan rings is 1. The average molecular weight is 344 g/mol. The van der Waals surface area contributed by atoms with Crippen molar-refractivity contribution in [2.24, 2.45) is 4.99 Å². The molecule has 0 bridgehead atoms. The molecule has 4 nitrogen and oxygen atoms in total. The second-order valence-corrected chi connectivity index (χ2v) is 5.04. The molecule has 0 saturated heterocycles. The third-order valence-corrected chi connectivity index (χ3v) is 3.15. The fourth-order valence-electron chi connectivity index (χ4n) is 1.77. The summed E-state index contributed by atoms with van der Waals surface area (Å²) in [5.41, 5.74) is 1.22. The van der Waals surface area contributed by atoms with Gasteiger partial charge >= 0.3 is 5.97 Å². The number of esters is 1. The van der Waals surface area contributed by atoms with Gasteiger partial charge in [0, 0.05) is 12.2 Å². The van der Waals surface area contributed by atoms with Crippen LogP contribution in [0.3, 0.4) is 0 Å². The Labute approximate surface area is 129 Å². The summed E-state index contributed by atoms with van der Waals surface area (Å²) in [6.45, 7) is 0. The fraction of sp³-hybridized carbons (Fsp3) is 0. The number of ether oxygens (including phenoxy) is 1. The Morgan fingerprint density at radius 1 is 1.05 bits per heavy atom. The van der Waals surface area contributed by atoms with Crippen LogP contribution in [0, 0.1) is 0 Å². The Bertz CT molecular complexity index is 757. The first-order valence-corrected chi connectivity index (χ1v) is 7.01. The van der Waals surface area contributed by atoms with Crippen LogP contribution in [0.15, 0.2) is 68.3 Å². The number of hydrogen-bond acceptors (Lipinski definition) is 4. The summed E-state index contributed by atoms with van der Waals surface area (Å²) in [5.74, 6) is 0.307. The lowest BCUT2D eigenvalue weighted by molar-refractivity contribution is -0.129. The van der Waals surface area contributed by atoms with Crippen LogP contribution in [0.5, 0.6) is 0 Å². The van der Waals surface area contributed by atoms with E-state index in [-0.39, 0.29) is 11.6 Å². The molecule has 104 valence electrons. The normalized spacial score (nSPS) is 16.5. The summed E-state index contributed by atoms with van der Waals surface area (Å²) in [4.78, 5) is 15.8. The van der Waals surface area contributed by atoms with E-state index >= 15 is 0 Å². The van der Waals surface area contributed by atoms with E-state index in [0.29, 0.717) is 10.4 Å². The molecule has 3 rings (SSSR count). The first-order chi connectivity index (χ1) is 10.2. The van der Waals surface area contributed by atoms with E-state index in [2.05, 4.69) is 20.9 Å². The van der Waals surface area contributed by atoms with Gasteiger partial charge in [-0.05, 0) is 39.7 Å². The largest absolute Gasteiger partial charge is 0.450 e. The molecule has 5 heteroatoms. The van der Waals surface area contributed by atoms with E-state index in [1.807, 2.05) is 36.4 Å². The third-order valence-electron chi connectivity index (χ3n) is 2.73. The monoisotopic (exact) mass is 343 g/mol. The van der Waals surface area contributed by atoms with Crippen molar-refractivity contribution in [2.45, 2.75) is 0 Å². The van der Waals surface area contributed by atoms with Crippen LogP contribution < -0.4 is 0 Å². The van der Waals surface area contributed by atoms with Gasteiger partial charge < -0.3 is 9.15 Å². The summed E-state index contributed by atoms with van der Waals surface area (Å²) in [7, 11) is 0. The molecule has 21 heavy (non-hydrogen) atoms. The SMILES string of the molecule is O=C1OC(C=Cc2ccccc2)=NC1=Cc1ccc(Br)o1. The Morgan fingerprint density at radius 3 is 2.57 bits per heavy atom. The van der Waals surface area contributed by atoms with E-state index in [1.54, 1.807) is 18.2 Å². The average Bonchev–Trinajstić information content (AvgIpc) is 3.05. The molecule has 1 aromatic carbocycles. The highest BCUT2D eigenvalue weighted by Crippen LogP contribution is 2.20. The van der Waals surface area contributed by atoms with Crippen molar-refractivity contribution < 1.29 is 13.9 Å². The molecule has 0 radical (unpaired) electrons. The van der Waals surface area contributed by atoms with Crippen molar-refractivity contribution in [3.63, 3.8) is 0 Å². The van der Waals surface area contributed by atoms with Crippen molar-refractivity contribution in [1.29, 1.82) is 0 Å². The minimum Gasteiger partial charge on any atom is -0.450 e. The van der Waals surface area contributed by atoms with Crippen molar-refractivity contribution in [2.75, 3.05) is 0 Å². The van der Waals surface area contributed by atoms with Crippen molar-refractivity contribution in [3.8, 4) is 0 Å². The first kappa shape index (κ1) is 13.6. The predicted molar refractivity (Wildman–Crippen MR) is 83.4 cm³/mol. The minimum absolute atomic E-state index is 0.213. The zero-order chi connectivity index (χ0) is 14.7. The van der Waals surface area contributed by atoms with Crippen LogP contribution >= 0.6 is 15.9 Å². The minimum atomic E-state index is -0.491. The molecule has 1 aliphatic rings. The zero-order valence-electron chi connectivity index (χ0n) is 10.8. The Kier molecular flexibility index (Phi) is 3.83. The molecule has 1 aromatic heterocycles. The van der Waals surface area contributed by atoms with Gasteiger partial charge in [0.25, 0.3) is 0 Å². The Balaban J connectivity index is 1.79. The fourth-order valence-corrected chi connectivity index (χ4v) is 2.09. The standard InChI is InChI=1S/C16H10BrNO3/c17-14-8-7-12(20-14)10-13-16(19)21-15(18-13)9-6-11-4-2-1-3-5-11/h1-10H. The summed E-state index contributed by atoms with van der Waals surface area (Å²) in [6.07, 6.45) is 5.03. The third kappa shape index (κ3) is 3.38. The number of halogens is 1. The summed E-state index contributed by atoms with van der Waals surface area (Å²) in [6, 6.07) is 13.2. The van der Waals surface area contributed by atoms with Crippen LogP contribution in [0.25, 0.3) is 12.2 Å². The molecule has 0 aliphatic carbocycles. The Hall–Kier alpha value is -2.40. The van der Waals surface area contributed by atoms with Gasteiger partial charge in [-0.1, -0.05) is 30.3 Å². The molecule has 0 saturated carbocycles. The molecular weight excluding hydrogens is 334 g/mol. The van der Waals surface area contributed by atoms with Gasteiger partial charge in [-0.15, -0.1) is 0 Å². The maximum Gasteiger partial charge on any atom is 0.363 e. The van der Waals surface area contributed by atoms with Gasteiger partial charge in [0.1, 0.15) is 5.76 Å². The van der Waals surface area contributed by atoms with E-state index in [0.717, 1.165) is 5.56 Å². The quantitative estimate of drug-likeness (QED) is 0.623. The second kappa shape index (κ2) is 5.93. The number of hydrogen-bond donors (Lipinski definition) is 0. The highest BCUT2D eigenvalue weighted by molar-refractivity contribution is 9.10. The Morgan fingerprint density at radius 2 is 1.86 bits per heavy atom. The number of nitrogens with zero attached hydrogens (tertiary/aromatic N) is 1. The molecule has 0 fully saturated rings. The number of cyclic esters (lactones) is 1. The maximum atomic E-state index is 11.7. The highest BCUT2D eigenvalue weighted by Gasteiger charge is 2.21. The van der Waals surface area contributed by atoms with Gasteiger partial charge in [-0.25, -0.2) is 9.79 Å². The zero-order valence-corrected chi connectivity index (χ0v) is 12.4. The number of carbonyl (C=O) groups excluding carboxylic acids is 1. The molecule has 0 atom stereocenters. The topological polar surface area (TPSA) is 51.8 Å². The van der Waals surface area contributed by atoms with Crippen molar-refractivity contribution in [3.05, 3.63) is 70.2 Å². The maximum absolute atomic E-state index is 11.7. The number of rotatable bonds is 3. The number of carbonyl (C=O) groups is 1. The lowest BCUT2D eigenvalue weighted by Gasteiger charge is -1.92. The molecule has 0 unspecified atom stereocenters. The van der Waals surface area contributed by atoms with Crippen LogP contribution in [0.2, 0.25) is 0 Å². The van der Waals surface area contributed by atoms with Crippen molar-refractivity contribution in [1.82, 2.24) is 0 Å². The molecule has 0 amide bonds. The lowest BCUT2D eigenvalue weighted by atomic mass is 10.2. The van der Waals surface area contributed by atoms with Gasteiger partial charge in [-0.3, -0.25) is 0 Å². The molecule has 0 N–H and O–H groups in total. The first-order valence-electron chi connectivity index (χ1n) is 6.22. The predicted octanol–water partition coefficient (Wildman–Crippen LogP) is 4.05. The van der Waals surface area contributed by atoms with Crippen LogP contribution in [0.1, 0.15) is 11.3 Å². The molecule has 0 spiro atoms. The van der Waals surface area contributed by atoms with Gasteiger partial charge in [0.05, 0.1) is 0 Å². The summed E-state index contributed by atoms with van der Waals surface area (Å²) in [5, 5.41) is 0. The molecule has 1 aliphatic heterocycles. The van der Waals surface area contributed by atoms with Crippen LogP contribution in [-0.2, 0) is 9.53 Å². The van der Waals surface area contributed by atoms with E-state index in [1.165, 1.54) is 6.08 Å². The van der Waals surface area contributed by atoms with Crippen LogP contribution in [0.4, 0.5) is 0 Å². The summed E-state index contributed by atoms with van der Waals surface area (Å²) >= 11 is 3.20. The second-order valence-electron chi connectivity index (χ2n) is 4.26. The molecule has 2 aromatic rings.